The summed E-state index contributed by atoms with van der Waals surface area (Å²) in [6.07, 6.45) is 2.57. The lowest BCUT2D eigenvalue weighted by atomic mass is 9.92. The van der Waals surface area contributed by atoms with Crippen LogP contribution in [0.4, 0.5) is 0 Å². The van der Waals surface area contributed by atoms with Crippen LogP contribution in [0.3, 0.4) is 0 Å². The molecular weight excluding hydrogens is 252 g/mol. The molecule has 1 aliphatic heterocycles. The van der Waals surface area contributed by atoms with Gasteiger partial charge in [-0.25, -0.2) is 0 Å². The maximum absolute atomic E-state index is 5.95. The van der Waals surface area contributed by atoms with Gasteiger partial charge in [0.05, 0.1) is 0 Å². The average Bonchev–Trinajstić information content (AvgIpc) is 2.79. The molecule has 1 aromatic rings. The zero-order chi connectivity index (χ0) is 14.0. The third-order valence-electron chi connectivity index (χ3n) is 4.13. The van der Waals surface area contributed by atoms with Crippen molar-refractivity contribution in [1.29, 1.82) is 0 Å². The topological polar surface area (TPSA) is 29.3 Å². The Morgan fingerprint density at radius 1 is 1.37 bits per heavy atom. The van der Waals surface area contributed by atoms with Gasteiger partial charge in [-0.15, -0.1) is 11.3 Å². The summed E-state index contributed by atoms with van der Waals surface area (Å²) < 4.78 is 0. The van der Waals surface area contributed by atoms with Crippen LogP contribution in [0.1, 0.15) is 50.3 Å². The van der Waals surface area contributed by atoms with Crippen LogP contribution in [0.25, 0.3) is 0 Å². The number of nitrogens with zero attached hydrogens (tertiary/aromatic N) is 1. The van der Waals surface area contributed by atoms with Crippen molar-refractivity contribution in [2.45, 2.75) is 58.5 Å². The first-order valence-corrected chi connectivity index (χ1v) is 8.25. The second-order valence-corrected chi connectivity index (χ2v) is 8.17. The first-order chi connectivity index (χ1) is 8.90. The highest BCUT2D eigenvalue weighted by atomic mass is 32.1. The predicted octanol–water partition coefficient (Wildman–Crippen LogP) is 3.60. The smallest absolute Gasteiger partial charge is 0.0331 e. The molecule has 1 aliphatic rings. The van der Waals surface area contributed by atoms with Crippen molar-refractivity contribution in [3.05, 3.63) is 21.9 Å². The summed E-state index contributed by atoms with van der Waals surface area (Å²) in [7, 11) is 0. The summed E-state index contributed by atoms with van der Waals surface area (Å²) in [5.74, 6) is 0.832. The normalized spacial score (nSPS) is 25.7. The van der Waals surface area contributed by atoms with E-state index in [1.54, 1.807) is 0 Å². The number of rotatable bonds is 3. The predicted molar refractivity (Wildman–Crippen MR) is 84.7 cm³/mol. The Balaban J connectivity index is 2.02. The molecule has 2 atom stereocenters. The SMILES string of the molecule is CC1CCN(Cc2ccc(C(C)(C)C)s2)C(CN)C1. The number of thiophene rings is 1. The molecule has 108 valence electrons. The van der Waals surface area contributed by atoms with E-state index >= 15 is 0 Å². The molecule has 2 unspecified atom stereocenters. The molecule has 0 amide bonds. The Bertz CT molecular complexity index is 405. The average molecular weight is 280 g/mol. The van der Waals surface area contributed by atoms with E-state index in [1.165, 1.54) is 29.1 Å². The minimum atomic E-state index is 0.270. The Kier molecular flexibility index (Phi) is 4.70. The highest BCUT2D eigenvalue weighted by molar-refractivity contribution is 7.12. The van der Waals surface area contributed by atoms with Gasteiger partial charge in [-0.1, -0.05) is 27.7 Å². The van der Waals surface area contributed by atoms with Crippen molar-refractivity contribution in [3.8, 4) is 0 Å². The quantitative estimate of drug-likeness (QED) is 0.916. The van der Waals surface area contributed by atoms with Crippen LogP contribution in [0.2, 0.25) is 0 Å². The van der Waals surface area contributed by atoms with Gasteiger partial charge in [0.25, 0.3) is 0 Å². The zero-order valence-electron chi connectivity index (χ0n) is 12.8. The lowest BCUT2D eigenvalue weighted by Gasteiger charge is -2.37. The second-order valence-electron chi connectivity index (χ2n) is 7.01. The molecule has 0 bridgehead atoms. The van der Waals surface area contributed by atoms with Gasteiger partial charge in [0.2, 0.25) is 0 Å². The zero-order valence-corrected chi connectivity index (χ0v) is 13.6. The second kappa shape index (κ2) is 5.94. The minimum Gasteiger partial charge on any atom is -0.329 e. The molecule has 1 aromatic heterocycles. The lowest BCUT2D eigenvalue weighted by Crippen LogP contribution is -2.45. The van der Waals surface area contributed by atoms with Crippen LogP contribution in [0.15, 0.2) is 12.1 Å². The van der Waals surface area contributed by atoms with E-state index in [-0.39, 0.29) is 5.41 Å². The van der Waals surface area contributed by atoms with Crippen molar-refractivity contribution in [1.82, 2.24) is 4.90 Å². The monoisotopic (exact) mass is 280 g/mol. The van der Waals surface area contributed by atoms with Gasteiger partial charge < -0.3 is 5.73 Å². The van der Waals surface area contributed by atoms with Crippen molar-refractivity contribution in [3.63, 3.8) is 0 Å². The summed E-state index contributed by atoms with van der Waals surface area (Å²) in [6, 6.07) is 5.17. The standard InChI is InChI=1S/C16H28N2S/c1-12-7-8-18(13(9-12)10-17)11-14-5-6-15(19-14)16(2,3)4/h5-6,12-13H,7-11,17H2,1-4H3. The van der Waals surface area contributed by atoms with Gasteiger partial charge in [-0.2, -0.15) is 0 Å². The van der Waals surface area contributed by atoms with E-state index in [1.807, 2.05) is 11.3 Å². The van der Waals surface area contributed by atoms with Crippen molar-refractivity contribution >= 4 is 11.3 Å². The van der Waals surface area contributed by atoms with Gasteiger partial charge in [-0.05, 0) is 42.9 Å². The van der Waals surface area contributed by atoms with E-state index in [9.17, 15) is 0 Å². The van der Waals surface area contributed by atoms with E-state index in [2.05, 4.69) is 44.7 Å². The molecule has 0 aliphatic carbocycles. The fourth-order valence-electron chi connectivity index (χ4n) is 2.82. The molecule has 2 nitrogen and oxygen atoms in total. The Morgan fingerprint density at radius 3 is 2.68 bits per heavy atom. The molecule has 0 saturated carbocycles. The van der Waals surface area contributed by atoms with Gasteiger partial charge >= 0.3 is 0 Å². The number of likely N-dealkylation sites (tertiary alicyclic amines) is 1. The van der Waals surface area contributed by atoms with Crippen molar-refractivity contribution in [2.24, 2.45) is 11.7 Å². The van der Waals surface area contributed by atoms with Crippen molar-refractivity contribution < 1.29 is 0 Å². The van der Waals surface area contributed by atoms with Crippen LogP contribution in [0.5, 0.6) is 0 Å². The molecule has 1 fully saturated rings. The minimum absolute atomic E-state index is 0.270. The first-order valence-electron chi connectivity index (χ1n) is 7.43. The fraction of sp³-hybridized carbons (Fsp3) is 0.750. The molecule has 3 heteroatoms. The van der Waals surface area contributed by atoms with Crippen LogP contribution in [0, 0.1) is 5.92 Å². The highest BCUT2D eigenvalue weighted by Gasteiger charge is 2.26. The molecule has 1 saturated heterocycles. The molecular formula is C16H28N2S. The summed E-state index contributed by atoms with van der Waals surface area (Å²) >= 11 is 1.96. The number of piperidine rings is 1. The summed E-state index contributed by atoms with van der Waals surface area (Å²) in [5, 5.41) is 0. The van der Waals surface area contributed by atoms with E-state index in [0.717, 1.165) is 19.0 Å². The van der Waals surface area contributed by atoms with Crippen LogP contribution >= 0.6 is 11.3 Å². The van der Waals surface area contributed by atoms with Crippen LogP contribution in [-0.4, -0.2) is 24.0 Å². The number of hydrogen-bond donors (Lipinski definition) is 1. The van der Waals surface area contributed by atoms with Crippen LogP contribution < -0.4 is 5.73 Å². The largest absolute Gasteiger partial charge is 0.329 e. The third kappa shape index (κ3) is 3.80. The third-order valence-corrected chi connectivity index (χ3v) is 5.63. The summed E-state index contributed by atoms with van der Waals surface area (Å²) in [4.78, 5) is 5.55. The highest BCUT2D eigenvalue weighted by Crippen LogP contribution is 2.31. The van der Waals surface area contributed by atoms with Gasteiger partial charge in [0.15, 0.2) is 0 Å². The van der Waals surface area contributed by atoms with E-state index in [0.29, 0.717) is 6.04 Å². The Labute approximate surface area is 122 Å². The van der Waals surface area contributed by atoms with Gasteiger partial charge in [0.1, 0.15) is 0 Å². The molecule has 2 heterocycles. The molecule has 2 N–H and O–H groups in total. The van der Waals surface area contributed by atoms with E-state index < -0.39 is 0 Å². The molecule has 19 heavy (non-hydrogen) atoms. The molecule has 2 rings (SSSR count). The molecule has 0 radical (unpaired) electrons. The Morgan fingerprint density at radius 2 is 2.11 bits per heavy atom. The number of hydrogen-bond acceptors (Lipinski definition) is 3. The molecule has 0 aromatic carbocycles. The summed E-state index contributed by atoms with van der Waals surface area (Å²) in [5.41, 5.74) is 6.22. The van der Waals surface area contributed by atoms with Crippen molar-refractivity contribution in [2.75, 3.05) is 13.1 Å². The van der Waals surface area contributed by atoms with Gasteiger partial charge in [-0.3, -0.25) is 4.90 Å². The first kappa shape index (κ1) is 15.0. The van der Waals surface area contributed by atoms with Gasteiger partial charge in [0, 0.05) is 28.9 Å². The fourth-order valence-corrected chi connectivity index (χ4v) is 3.91. The van der Waals surface area contributed by atoms with Crippen LogP contribution in [-0.2, 0) is 12.0 Å². The van der Waals surface area contributed by atoms with E-state index in [4.69, 9.17) is 5.73 Å². The summed E-state index contributed by atoms with van der Waals surface area (Å²) in [6.45, 7) is 12.3. The maximum Gasteiger partial charge on any atom is 0.0331 e. The number of nitrogens with two attached hydrogens (primary N) is 1. The lowest BCUT2D eigenvalue weighted by molar-refractivity contribution is 0.116. The molecule has 0 spiro atoms. The maximum atomic E-state index is 5.95. The Hall–Kier alpha value is -0.380.